The molecule has 21 heavy (non-hydrogen) atoms. The summed E-state index contributed by atoms with van der Waals surface area (Å²) in [5.41, 5.74) is 5.49. The molecule has 126 valence electrons. The van der Waals surface area contributed by atoms with Crippen molar-refractivity contribution in [2.24, 2.45) is 5.73 Å². The molecule has 0 saturated heterocycles. The third-order valence-corrected chi connectivity index (χ3v) is 3.39. The summed E-state index contributed by atoms with van der Waals surface area (Å²) in [6, 6.07) is -0.996. The summed E-state index contributed by atoms with van der Waals surface area (Å²) in [4.78, 5) is 11.5. The van der Waals surface area contributed by atoms with E-state index in [4.69, 9.17) is 15.9 Å². The highest BCUT2D eigenvalue weighted by molar-refractivity contribution is 7.98. The number of nitrogens with two attached hydrogens (primary N) is 1. The van der Waals surface area contributed by atoms with Gasteiger partial charge in [0.1, 0.15) is 30.5 Å². The number of hydrogen-bond donors (Lipinski definition) is 7. The monoisotopic (exact) mass is 329 g/mol. The number of thioether (sulfide) groups is 1. The minimum absolute atomic E-state index is 0.303. The summed E-state index contributed by atoms with van der Waals surface area (Å²) in [7, 11) is 0. The van der Waals surface area contributed by atoms with Gasteiger partial charge in [0.25, 0.3) is 0 Å². The molecule has 0 aromatic carbocycles. The van der Waals surface area contributed by atoms with Crippen LogP contribution in [0.1, 0.15) is 6.42 Å². The molecule has 0 bridgehead atoms. The van der Waals surface area contributed by atoms with Crippen LogP contribution in [0.25, 0.3) is 0 Å². The molecular formula is C11H23NO8S. The first-order valence-electron chi connectivity index (χ1n) is 6.22. The third kappa shape index (κ3) is 6.89. The molecule has 0 aromatic heterocycles. The van der Waals surface area contributed by atoms with Crippen LogP contribution < -0.4 is 5.73 Å². The van der Waals surface area contributed by atoms with Crippen LogP contribution in [0.3, 0.4) is 0 Å². The van der Waals surface area contributed by atoms with Crippen LogP contribution in [0.15, 0.2) is 0 Å². The molecule has 9 nitrogen and oxygen atoms in total. The number of aliphatic hydroxyl groups excluding tert-OH is 6. The normalized spacial score (nSPS) is 20.2. The topological polar surface area (TPSA) is 174 Å². The van der Waals surface area contributed by atoms with Gasteiger partial charge in [-0.15, -0.1) is 0 Å². The van der Waals surface area contributed by atoms with E-state index in [1.54, 1.807) is 0 Å². The number of hydrogen-bond acceptors (Lipinski definition) is 10. The molecule has 8 N–H and O–H groups in total. The minimum atomic E-state index is -2.13. The van der Waals surface area contributed by atoms with Crippen molar-refractivity contribution in [3.05, 3.63) is 0 Å². The average molecular weight is 329 g/mol. The number of rotatable bonds is 10. The maximum absolute atomic E-state index is 11.5. The van der Waals surface area contributed by atoms with Gasteiger partial charge in [0.15, 0.2) is 0 Å². The van der Waals surface area contributed by atoms with Crippen LogP contribution in [0.2, 0.25) is 0 Å². The van der Waals surface area contributed by atoms with E-state index in [2.05, 4.69) is 4.74 Å². The summed E-state index contributed by atoms with van der Waals surface area (Å²) in [5, 5.41) is 55.6. The fourth-order valence-electron chi connectivity index (χ4n) is 1.35. The summed E-state index contributed by atoms with van der Waals surface area (Å²) in [5.74, 6) is -0.376. The van der Waals surface area contributed by atoms with Crippen molar-refractivity contribution in [2.45, 2.75) is 43.2 Å². The predicted molar refractivity (Wildman–Crippen MR) is 74.2 cm³/mol. The Hall–Kier alpha value is -0.460. The lowest BCUT2D eigenvalue weighted by atomic mass is 10.0. The maximum atomic E-state index is 11.5. The van der Waals surface area contributed by atoms with Crippen LogP contribution >= 0.6 is 11.8 Å². The largest absolute Gasteiger partial charge is 0.432 e. The Morgan fingerprint density at radius 2 is 1.71 bits per heavy atom. The summed E-state index contributed by atoms with van der Waals surface area (Å²) in [6.45, 7) is -0.861. The van der Waals surface area contributed by atoms with Gasteiger partial charge < -0.3 is 41.1 Å². The molecule has 0 aliphatic carbocycles. The zero-order chi connectivity index (χ0) is 16.6. The zero-order valence-electron chi connectivity index (χ0n) is 11.6. The molecule has 0 fully saturated rings. The second-order valence-electron chi connectivity index (χ2n) is 4.44. The third-order valence-electron chi connectivity index (χ3n) is 2.75. The number of carbonyl (C=O) groups is 1. The molecule has 0 rings (SSSR count). The standard InChI is InChI=1S/C11H23NO8S/c1-21-3-2-5(12)10(18)20-11(19)9(17)8(16)7(15)6(14)4-13/h5-9,11,13-17,19H,2-4,12H2,1H3/t5-,6+,7+,8-,9+,11?/m0/s1. The van der Waals surface area contributed by atoms with Gasteiger partial charge in [-0.05, 0) is 18.4 Å². The lowest BCUT2D eigenvalue weighted by molar-refractivity contribution is -0.214. The number of carbonyl (C=O) groups excluding carboxylic acids is 1. The van der Waals surface area contributed by atoms with Gasteiger partial charge >= 0.3 is 5.97 Å². The van der Waals surface area contributed by atoms with Crippen LogP contribution in [-0.2, 0) is 9.53 Å². The summed E-state index contributed by atoms with van der Waals surface area (Å²) in [6.07, 6.45) is -7.76. The van der Waals surface area contributed by atoms with Gasteiger partial charge in [0.2, 0.25) is 6.29 Å². The second-order valence-corrected chi connectivity index (χ2v) is 5.42. The van der Waals surface area contributed by atoms with Crippen LogP contribution in [0, 0.1) is 0 Å². The Kier molecular flexibility index (Phi) is 10.1. The molecule has 10 heteroatoms. The highest BCUT2D eigenvalue weighted by Gasteiger charge is 2.36. The Labute approximate surface area is 126 Å². The highest BCUT2D eigenvalue weighted by Crippen LogP contribution is 2.10. The molecule has 0 aromatic rings. The first-order valence-corrected chi connectivity index (χ1v) is 7.61. The Balaban J connectivity index is 4.43. The van der Waals surface area contributed by atoms with E-state index in [0.29, 0.717) is 12.2 Å². The van der Waals surface area contributed by atoms with E-state index < -0.39 is 49.3 Å². The van der Waals surface area contributed by atoms with Gasteiger partial charge in [-0.1, -0.05) is 0 Å². The summed E-state index contributed by atoms with van der Waals surface area (Å²) >= 11 is 1.46. The fraction of sp³-hybridized carbons (Fsp3) is 0.909. The molecule has 0 spiro atoms. The van der Waals surface area contributed by atoms with Crippen molar-refractivity contribution >= 4 is 17.7 Å². The van der Waals surface area contributed by atoms with Gasteiger partial charge in [0.05, 0.1) is 6.61 Å². The SMILES string of the molecule is CSCC[C@H](N)C(=O)OC(O)[C@H](O)[C@@H](O)[C@H](O)[C@H](O)CO. The van der Waals surface area contributed by atoms with Crippen molar-refractivity contribution in [3.63, 3.8) is 0 Å². The summed E-state index contributed by atoms with van der Waals surface area (Å²) < 4.78 is 4.47. The molecule has 0 radical (unpaired) electrons. The van der Waals surface area contributed by atoms with E-state index in [0.717, 1.165) is 0 Å². The van der Waals surface area contributed by atoms with E-state index >= 15 is 0 Å². The van der Waals surface area contributed by atoms with Gasteiger partial charge in [0, 0.05) is 0 Å². The molecule has 0 aliphatic rings. The van der Waals surface area contributed by atoms with Crippen molar-refractivity contribution in [1.82, 2.24) is 0 Å². The first kappa shape index (κ1) is 20.5. The van der Waals surface area contributed by atoms with Crippen molar-refractivity contribution in [1.29, 1.82) is 0 Å². The highest BCUT2D eigenvalue weighted by atomic mass is 32.2. The second kappa shape index (κ2) is 10.3. The quantitative estimate of drug-likeness (QED) is 0.156. The lowest BCUT2D eigenvalue weighted by Crippen LogP contribution is -2.51. The van der Waals surface area contributed by atoms with Crippen LogP contribution in [0.4, 0.5) is 0 Å². The van der Waals surface area contributed by atoms with Gasteiger partial charge in [-0.2, -0.15) is 11.8 Å². The zero-order valence-corrected chi connectivity index (χ0v) is 12.4. The number of aliphatic hydroxyl groups is 6. The number of ether oxygens (including phenoxy) is 1. The van der Waals surface area contributed by atoms with Crippen molar-refractivity contribution in [3.8, 4) is 0 Å². The predicted octanol–water partition coefficient (Wildman–Crippen LogP) is -3.64. The van der Waals surface area contributed by atoms with E-state index in [1.807, 2.05) is 6.26 Å². The molecule has 0 aliphatic heterocycles. The fourth-order valence-corrected chi connectivity index (χ4v) is 1.83. The molecule has 0 saturated carbocycles. The molecule has 1 unspecified atom stereocenters. The molecule has 6 atom stereocenters. The van der Waals surface area contributed by atoms with Crippen molar-refractivity contribution < 1.29 is 40.2 Å². The van der Waals surface area contributed by atoms with E-state index in [9.17, 15) is 25.2 Å². The Morgan fingerprint density at radius 3 is 2.19 bits per heavy atom. The van der Waals surface area contributed by atoms with E-state index in [1.165, 1.54) is 11.8 Å². The average Bonchev–Trinajstić information content (AvgIpc) is 2.48. The van der Waals surface area contributed by atoms with Crippen LogP contribution in [-0.4, -0.2) is 92.0 Å². The Morgan fingerprint density at radius 1 is 1.14 bits per heavy atom. The molecular weight excluding hydrogens is 306 g/mol. The molecule has 0 amide bonds. The smallest absolute Gasteiger partial charge is 0.325 e. The van der Waals surface area contributed by atoms with E-state index in [-0.39, 0.29) is 0 Å². The number of esters is 1. The minimum Gasteiger partial charge on any atom is -0.432 e. The lowest BCUT2D eigenvalue weighted by Gasteiger charge is -2.28. The molecule has 0 heterocycles. The maximum Gasteiger partial charge on any atom is 0.325 e. The van der Waals surface area contributed by atoms with Crippen LogP contribution in [0.5, 0.6) is 0 Å². The van der Waals surface area contributed by atoms with Gasteiger partial charge in [-0.25, -0.2) is 0 Å². The first-order chi connectivity index (χ1) is 9.76. The van der Waals surface area contributed by atoms with Gasteiger partial charge in [-0.3, -0.25) is 4.79 Å². The Bertz CT molecular complexity index is 308. The van der Waals surface area contributed by atoms with Crippen molar-refractivity contribution in [2.75, 3.05) is 18.6 Å².